The van der Waals surface area contributed by atoms with Gasteiger partial charge in [-0.3, -0.25) is 5.10 Å². The molecule has 0 aliphatic heterocycles. The Hall–Kier alpha value is -1.57. The molecule has 1 heterocycles. The first-order valence-electron chi connectivity index (χ1n) is 5.94. The molecule has 0 radical (unpaired) electrons. The SMILES string of the molecule is CCC(CC)c1ccc(-c2ccn[nH]2)cc1. The van der Waals surface area contributed by atoms with Crippen molar-refractivity contribution in [3.05, 3.63) is 42.1 Å². The molecule has 0 spiro atoms. The van der Waals surface area contributed by atoms with Crippen LogP contribution in [-0.2, 0) is 0 Å². The van der Waals surface area contributed by atoms with E-state index in [1.807, 2.05) is 6.07 Å². The first-order chi connectivity index (χ1) is 7.85. The maximum Gasteiger partial charge on any atom is 0.0650 e. The molecule has 0 saturated carbocycles. The molecule has 0 saturated heterocycles. The fraction of sp³-hybridized carbons (Fsp3) is 0.357. The third kappa shape index (κ3) is 2.16. The van der Waals surface area contributed by atoms with Crippen LogP contribution in [0, 0.1) is 0 Å². The monoisotopic (exact) mass is 214 g/mol. The number of nitrogens with one attached hydrogen (secondary N) is 1. The van der Waals surface area contributed by atoms with Gasteiger partial charge in [0.15, 0.2) is 0 Å². The zero-order valence-corrected chi connectivity index (χ0v) is 9.90. The van der Waals surface area contributed by atoms with Crippen LogP contribution < -0.4 is 0 Å². The Kier molecular flexibility index (Phi) is 3.40. The molecule has 0 unspecified atom stereocenters. The van der Waals surface area contributed by atoms with Crippen LogP contribution in [0.5, 0.6) is 0 Å². The van der Waals surface area contributed by atoms with Gasteiger partial charge in [0.2, 0.25) is 0 Å². The molecular formula is C14H18N2. The van der Waals surface area contributed by atoms with Gasteiger partial charge in [-0.05, 0) is 36.0 Å². The highest BCUT2D eigenvalue weighted by molar-refractivity contribution is 5.58. The average Bonchev–Trinajstić information content (AvgIpc) is 2.85. The number of rotatable bonds is 4. The standard InChI is InChI=1S/C14H18N2/c1-3-11(4-2)12-5-7-13(8-6-12)14-9-10-15-16-14/h5-11H,3-4H2,1-2H3,(H,15,16). The van der Waals surface area contributed by atoms with Gasteiger partial charge in [0.25, 0.3) is 0 Å². The van der Waals surface area contributed by atoms with Gasteiger partial charge < -0.3 is 0 Å². The zero-order chi connectivity index (χ0) is 11.4. The van der Waals surface area contributed by atoms with Crippen LogP contribution in [0.1, 0.15) is 38.2 Å². The van der Waals surface area contributed by atoms with Gasteiger partial charge in [0.1, 0.15) is 0 Å². The largest absolute Gasteiger partial charge is 0.278 e. The van der Waals surface area contributed by atoms with Gasteiger partial charge in [0, 0.05) is 6.20 Å². The lowest BCUT2D eigenvalue weighted by atomic mass is 9.93. The summed E-state index contributed by atoms with van der Waals surface area (Å²) in [7, 11) is 0. The lowest BCUT2D eigenvalue weighted by Crippen LogP contribution is -1.94. The predicted octanol–water partition coefficient (Wildman–Crippen LogP) is 3.98. The minimum Gasteiger partial charge on any atom is -0.278 e. The second kappa shape index (κ2) is 4.97. The third-order valence-corrected chi connectivity index (χ3v) is 3.18. The molecule has 0 bridgehead atoms. The summed E-state index contributed by atoms with van der Waals surface area (Å²) in [5.41, 5.74) is 3.72. The van der Waals surface area contributed by atoms with Crippen LogP contribution in [-0.4, -0.2) is 10.2 Å². The lowest BCUT2D eigenvalue weighted by molar-refractivity contribution is 0.642. The van der Waals surface area contributed by atoms with Crippen molar-refractivity contribution < 1.29 is 0 Å². The highest BCUT2D eigenvalue weighted by Gasteiger charge is 2.06. The average molecular weight is 214 g/mol. The summed E-state index contributed by atoms with van der Waals surface area (Å²) in [5.74, 6) is 0.691. The molecule has 2 aromatic rings. The summed E-state index contributed by atoms with van der Waals surface area (Å²) >= 11 is 0. The lowest BCUT2D eigenvalue weighted by Gasteiger charge is -2.12. The third-order valence-electron chi connectivity index (χ3n) is 3.18. The van der Waals surface area contributed by atoms with Crippen LogP contribution in [0.15, 0.2) is 36.5 Å². The van der Waals surface area contributed by atoms with Gasteiger partial charge >= 0.3 is 0 Å². The minimum atomic E-state index is 0.691. The summed E-state index contributed by atoms with van der Waals surface area (Å²) in [4.78, 5) is 0. The Morgan fingerprint density at radius 3 is 2.25 bits per heavy atom. The summed E-state index contributed by atoms with van der Waals surface area (Å²) in [6, 6.07) is 10.8. The van der Waals surface area contributed by atoms with Crippen molar-refractivity contribution in [2.24, 2.45) is 0 Å². The normalized spacial score (nSPS) is 10.9. The van der Waals surface area contributed by atoms with E-state index in [1.54, 1.807) is 6.20 Å². The zero-order valence-electron chi connectivity index (χ0n) is 9.90. The van der Waals surface area contributed by atoms with E-state index in [4.69, 9.17) is 0 Å². The maximum absolute atomic E-state index is 3.96. The van der Waals surface area contributed by atoms with E-state index in [1.165, 1.54) is 24.0 Å². The Morgan fingerprint density at radius 2 is 1.75 bits per heavy atom. The molecule has 2 rings (SSSR count). The van der Waals surface area contributed by atoms with Crippen LogP contribution in [0.2, 0.25) is 0 Å². The number of aromatic amines is 1. The van der Waals surface area contributed by atoms with Crippen molar-refractivity contribution >= 4 is 0 Å². The molecule has 16 heavy (non-hydrogen) atoms. The van der Waals surface area contributed by atoms with Crippen molar-refractivity contribution in [3.8, 4) is 11.3 Å². The molecule has 2 heteroatoms. The van der Waals surface area contributed by atoms with E-state index in [2.05, 4.69) is 48.3 Å². The van der Waals surface area contributed by atoms with Crippen molar-refractivity contribution in [1.82, 2.24) is 10.2 Å². The van der Waals surface area contributed by atoms with Crippen molar-refractivity contribution in [3.63, 3.8) is 0 Å². The van der Waals surface area contributed by atoms with Crippen molar-refractivity contribution in [2.75, 3.05) is 0 Å². The quantitative estimate of drug-likeness (QED) is 0.819. The Balaban J connectivity index is 2.22. The topological polar surface area (TPSA) is 28.7 Å². The number of benzene rings is 1. The molecule has 2 nitrogen and oxygen atoms in total. The second-order valence-electron chi connectivity index (χ2n) is 4.11. The van der Waals surface area contributed by atoms with Gasteiger partial charge in [-0.15, -0.1) is 0 Å². The molecule has 1 aromatic carbocycles. The molecule has 0 aliphatic carbocycles. The molecular weight excluding hydrogens is 196 g/mol. The first kappa shape index (κ1) is 10.9. The molecule has 0 aliphatic rings. The summed E-state index contributed by atoms with van der Waals surface area (Å²) in [6.45, 7) is 4.49. The smallest absolute Gasteiger partial charge is 0.0650 e. The second-order valence-corrected chi connectivity index (χ2v) is 4.11. The van der Waals surface area contributed by atoms with Crippen LogP contribution in [0.3, 0.4) is 0 Å². The summed E-state index contributed by atoms with van der Waals surface area (Å²) < 4.78 is 0. The predicted molar refractivity (Wildman–Crippen MR) is 67.3 cm³/mol. The number of aromatic nitrogens is 2. The first-order valence-corrected chi connectivity index (χ1v) is 5.94. The van der Waals surface area contributed by atoms with Crippen molar-refractivity contribution in [1.29, 1.82) is 0 Å². The van der Waals surface area contributed by atoms with E-state index >= 15 is 0 Å². The number of H-pyrrole nitrogens is 1. The Morgan fingerprint density at radius 1 is 1.06 bits per heavy atom. The van der Waals surface area contributed by atoms with Gasteiger partial charge in [-0.25, -0.2) is 0 Å². The number of hydrogen-bond acceptors (Lipinski definition) is 1. The molecule has 0 amide bonds. The molecule has 0 fully saturated rings. The number of nitrogens with zero attached hydrogens (tertiary/aromatic N) is 1. The van der Waals surface area contributed by atoms with Gasteiger partial charge in [-0.2, -0.15) is 5.10 Å². The molecule has 1 aromatic heterocycles. The van der Waals surface area contributed by atoms with E-state index in [0.717, 1.165) is 5.69 Å². The highest BCUT2D eigenvalue weighted by atomic mass is 15.1. The van der Waals surface area contributed by atoms with E-state index in [9.17, 15) is 0 Å². The minimum absolute atomic E-state index is 0.691. The molecule has 84 valence electrons. The molecule has 1 N–H and O–H groups in total. The number of hydrogen-bond donors (Lipinski definition) is 1. The fourth-order valence-electron chi connectivity index (χ4n) is 2.11. The fourth-order valence-corrected chi connectivity index (χ4v) is 2.11. The van der Waals surface area contributed by atoms with Crippen LogP contribution in [0.25, 0.3) is 11.3 Å². The van der Waals surface area contributed by atoms with Gasteiger partial charge in [0.05, 0.1) is 5.69 Å². The highest BCUT2D eigenvalue weighted by Crippen LogP contribution is 2.25. The maximum atomic E-state index is 3.96. The van der Waals surface area contributed by atoms with Crippen LogP contribution >= 0.6 is 0 Å². The van der Waals surface area contributed by atoms with Crippen molar-refractivity contribution in [2.45, 2.75) is 32.6 Å². The van der Waals surface area contributed by atoms with E-state index in [0.29, 0.717) is 5.92 Å². The molecule has 0 atom stereocenters. The Labute approximate surface area is 96.7 Å². The summed E-state index contributed by atoms with van der Waals surface area (Å²) in [5, 5.41) is 6.94. The summed E-state index contributed by atoms with van der Waals surface area (Å²) in [6.07, 6.45) is 4.20. The van der Waals surface area contributed by atoms with E-state index < -0.39 is 0 Å². The van der Waals surface area contributed by atoms with Crippen LogP contribution in [0.4, 0.5) is 0 Å². The van der Waals surface area contributed by atoms with Gasteiger partial charge in [-0.1, -0.05) is 38.1 Å². The van der Waals surface area contributed by atoms with E-state index in [-0.39, 0.29) is 0 Å². The Bertz CT molecular complexity index is 411.